The Labute approximate surface area is 134 Å². The topological polar surface area (TPSA) is 30.0 Å². The van der Waals surface area contributed by atoms with E-state index in [0.717, 1.165) is 17.0 Å². The lowest BCUT2D eigenvalue weighted by atomic mass is 10.1. The molecule has 0 spiro atoms. The highest BCUT2D eigenvalue weighted by molar-refractivity contribution is 7.12. The number of Topliss-reactive ketones (excluding diaryl/α,β-unsaturated/α-hetero) is 1. The van der Waals surface area contributed by atoms with Gasteiger partial charge in [0.25, 0.3) is 0 Å². The summed E-state index contributed by atoms with van der Waals surface area (Å²) in [6.45, 7) is 3.34. The first kappa shape index (κ1) is 17.0. The second-order valence-electron chi connectivity index (χ2n) is 4.84. The van der Waals surface area contributed by atoms with Gasteiger partial charge in [-0.15, -0.1) is 11.3 Å². The van der Waals surface area contributed by atoms with Gasteiger partial charge >= 0.3 is 6.18 Å². The van der Waals surface area contributed by atoms with Crippen LogP contribution in [0, 0.1) is 0 Å². The van der Waals surface area contributed by atoms with Crippen LogP contribution in [0.1, 0.15) is 29.3 Å². The second-order valence-corrected chi connectivity index (χ2v) is 6.44. The molecule has 0 bridgehead atoms. The number of ketones is 1. The van der Waals surface area contributed by atoms with Crippen LogP contribution in [-0.2, 0) is 23.8 Å². The van der Waals surface area contributed by atoms with E-state index < -0.39 is 11.7 Å². The van der Waals surface area contributed by atoms with Gasteiger partial charge in [0.05, 0.1) is 17.7 Å². The molecule has 2 nitrogen and oxygen atoms in total. The van der Waals surface area contributed by atoms with Crippen LogP contribution in [0.4, 0.5) is 13.2 Å². The van der Waals surface area contributed by atoms with Crippen molar-refractivity contribution < 1.29 is 18.0 Å². The van der Waals surface area contributed by atoms with E-state index in [0.29, 0.717) is 22.7 Å². The number of nitrogens with zero attached hydrogens (tertiary/aromatic N) is 1. The zero-order valence-corrected chi connectivity index (χ0v) is 13.5. The number of rotatable bonds is 4. The quantitative estimate of drug-likeness (QED) is 0.763. The molecular formula is C15H13ClF3NOS. The Morgan fingerprint density at radius 2 is 2.00 bits per heavy atom. The largest absolute Gasteiger partial charge is 0.416 e. The Morgan fingerprint density at radius 1 is 1.32 bits per heavy atom. The Bertz CT molecular complexity index is 709. The number of hydrogen-bond donors (Lipinski definition) is 0. The first-order valence-corrected chi connectivity index (χ1v) is 7.76. The fourth-order valence-corrected chi connectivity index (χ4v) is 3.38. The molecule has 0 radical (unpaired) electrons. The zero-order chi connectivity index (χ0) is 16.5. The summed E-state index contributed by atoms with van der Waals surface area (Å²) in [5, 5.41) is 0.612. The number of hydrogen-bond acceptors (Lipinski definition) is 3. The van der Waals surface area contributed by atoms with Crippen LogP contribution >= 0.6 is 22.9 Å². The van der Waals surface area contributed by atoms with E-state index >= 15 is 0 Å². The maximum atomic E-state index is 12.9. The van der Waals surface area contributed by atoms with Gasteiger partial charge in [-0.2, -0.15) is 13.2 Å². The minimum atomic E-state index is -4.47. The minimum Gasteiger partial charge on any atom is -0.300 e. The molecule has 1 heterocycles. The molecule has 0 aliphatic carbocycles. The molecule has 1 aromatic carbocycles. The third-order valence-electron chi connectivity index (χ3n) is 2.96. The summed E-state index contributed by atoms with van der Waals surface area (Å²) in [5.74, 6) is -0.0370. The van der Waals surface area contributed by atoms with Crippen LogP contribution in [0.15, 0.2) is 18.2 Å². The second kappa shape index (κ2) is 6.38. The Morgan fingerprint density at radius 3 is 2.55 bits per heavy atom. The highest BCUT2D eigenvalue weighted by Crippen LogP contribution is 2.36. The van der Waals surface area contributed by atoms with Crippen molar-refractivity contribution in [1.82, 2.24) is 4.98 Å². The van der Waals surface area contributed by atoms with Crippen molar-refractivity contribution in [2.24, 2.45) is 0 Å². The van der Waals surface area contributed by atoms with Gasteiger partial charge in [-0.05, 0) is 31.5 Å². The molecule has 0 unspecified atom stereocenters. The number of aromatic nitrogens is 1. The summed E-state index contributed by atoms with van der Waals surface area (Å²) >= 11 is 7.16. The standard InChI is InChI=1S/C15H13ClF3NOS/c1-3-12-14(20-13(22-12)4-8(2)21)9-5-10(15(17,18)19)7-11(16)6-9/h5-7H,3-4H2,1-2H3. The lowest BCUT2D eigenvalue weighted by molar-refractivity contribution is -0.137. The summed E-state index contributed by atoms with van der Waals surface area (Å²) in [6, 6.07) is 3.39. The summed E-state index contributed by atoms with van der Waals surface area (Å²) in [6.07, 6.45) is -3.66. The van der Waals surface area contributed by atoms with E-state index in [1.165, 1.54) is 24.3 Å². The fourth-order valence-electron chi connectivity index (χ4n) is 2.04. The van der Waals surface area contributed by atoms with Gasteiger partial charge in [0.2, 0.25) is 0 Å². The number of carbonyl (C=O) groups is 1. The van der Waals surface area contributed by atoms with Gasteiger partial charge in [0.1, 0.15) is 10.8 Å². The molecule has 22 heavy (non-hydrogen) atoms. The van der Waals surface area contributed by atoms with Crippen LogP contribution in [0.5, 0.6) is 0 Å². The molecule has 0 N–H and O–H groups in total. The molecule has 7 heteroatoms. The van der Waals surface area contributed by atoms with E-state index in [4.69, 9.17) is 11.6 Å². The van der Waals surface area contributed by atoms with Gasteiger partial charge in [0.15, 0.2) is 0 Å². The van der Waals surface area contributed by atoms with Crippen LogP contribution < -0.4 is 0 Å². The normalized spacial score (nSPS) is 11.7. The number of alkyl halides is 3. The van der Waals surface area contributed by atoms with Crippen molar-refractivity contribution in [3.63, 3.8) is 0 Å². The van der Waals surface area contributed by atoms with Crippen molar-refractivity contribution in [2.75, 3.05) is 0 Å². The van der Waals surface area contributed by atoms with Gasteiger partial charge < -0.3 is 0 Å². The molecule has 0 fully saturated rings. The van der Waals surface area contributed by atoms with Crippen molar-refractivity contribution in [1.29, 1.82) is 0 Å². The van der Waals surface area contributed by atoms with E-state index in [-0.39, 0.29) is 17.2 Å². The summed E-state index contributed by atoms with van der Waals surface area (Å²) in [7, 11) is 0. The summed E-state index contributed by atoms with van der Waals surface area (Å²) in [5.41, 5.74) is -0.0161. The zero-order valence-electron chi connectivity index (χ0n) is 11.9. The monoisotopic (exact) mass is 347 g/mol. The van der Waals surface area contributed by atoms with Crippen LogP contribution in [0.25, 0.3) is 11.3 Å². The number of carbonyl (C=O) groups excluding carboxylic acids is 1. The lowest BCUT2D eigenvalue weighted by Gasteiger charge is -2.09. The molecule has 0 saturated heterocycles. The van der Waals surface area contributed by atoms with E-state index in [2.05, 4.69) is 4.98 Å². The summed E-state index contributed by atoms with van der Waals surface area (Å²) < 4.78 is 38.7. The molecule has 0 saturated carbocycles. The maximum Gasteiger partial charge on any atom is 0.416 e. The minimum absolute atomic E-state index is 0.00740. The van der Waals surface area contributed by atoms with E-state index in [9.17, 15) is 18.0 Å². The predicted octanol–water partition coefficient (Wildman–Crippen LogP) is 5.18. The third-order valence-corrected chi connectivity index (χ3v) is 4.38. The molecule has 0 atom stereocenters. The molecule has 0 aliphatic rings. The first-order valence-electron chi connectivity index (χ1n) is 6.57. The number of benzene rings is 1. The Kier molecular flexibility index (Phi) is 4.92. The molecule has 2 aromatic rings. The van der Waals surface area contributed by atoms with Gasteiger partial charge in [-0.3, -0.25) is 4.79 Å². The molecule has 0 amide bonds. The smallest absolute Gasteiger partial charge is 0.300 e. The molecule has 1 aromatic heterocycles. The van der Waals surface area contributed by atoms with Crippen molar-refractivity contribution in [3.8, 4) is 11.3 Å². The lowest BCUT2D eigenvalue weighted by Crippen LogP contribution is -2.05. The van der Waals surface area contributed by atoms with Gasteiger partial charge in [-0.25, -0.2) is 4.98 Å². The average Bonchev–Trinajstić information content (AvgIpc) is 2.79. The van der Waals surface area contributed by atoms with Crippen molar-refractivity contribution in [2.45, 2.75) is 32.9 Å². The van der Waals surface area contributed by atoms with Crippen molar-refractivity contribution in [3.05, 3.63) is 38.7 Å². The first-order chi connectivity index (χ1) is 10.2. The molecule has 2 rings (SSSR count). The highest BCUT2D eigenvalue weighted by Gasteiger charge is 2.31. The SMILES string of the molecule is CCc1sc(CC(C)=O)nc1-c1cc(Cl)cc(C(F)(F)F)c1. The van der Waals surface area contributed by atoms with Crippen molar-refractivity contribution >= 4 is 28.7 Å². The molecular weight excluding hydrogens is 335 g/mol. The fraction of sp³-hybridized carbons (Fsp3) is 0.333. The highest BCUT2D eigenvalue weighted by atomic mass is 35.5. The number of halogens is 4. The van der Waals surface area contributed by atoms with Gasteiger partial charge in [0, 0.05) is 15.5 Å². The maximum absolute atomic E-state index is 12.9. The summed E-state index contributed by atoms with van der Waals surface area (Å²) in [4.78, 5) is 16.4. The number of aryl methyl sites for hydroxylation is 1. The Hall–Kier alpha value is -1.40. The molecule has 0 aliphatic heterocycles. The van der Waals surface area contributed by atoms with Crippen LogP contribution in [-0.4, -0.2) is 10.8 Å². The molecule has 118 valence electrons. The third kappa shape index (κ3) is 3.87. The Balaban J connectivity index is 2.53. The number of thiazole rings is 1. The average molecular weight is 348 g/mol. The predicted molar refractivity (Wildman–Crippen MR) is 81.3 cm³/mol. The van der Waals surface area contributed by atoms with Crippen LogP contribution in [0.2, 0.25) is 5.02 Å². The van der Waals surface area contributed by atoms with E-state index in [1.54, 1.807) is 0 Å². The van der Waals surface area contributed by atoms with Gasteiger partial charge in [-0.1, -0.05) is 18.5 Å². The van der Waals surface area contributed by atoms with E-state index in [1.807, 2.05) is 6.92 Å². The van der Waals surface area contributed by atoms with Crippen LogP contribution in [0.3, 0.4) is 0 Å².